The van der Waals surface area contributed by atoms with E-state index in [1.807, 2.05) is 22.8 Å². The number of benzene rings is 1. The molecular formula is C24H33ClN4O4. The van der Waals surface area contributed by atoms with Crippen LogP contribution < -0.4 is 10.1 Å². The van der Waals surface area contributed by atoms with Gasteiger partial charge in [-0.15, -0.1) is 0 Å². The molecule has 0 spiro atoms. The van der Waals surface area contributed by atoms with Crippen molar-refractivity contribution < 1.29 is 19.4 Å². The molecule has 2 heterocycles. The zero-order valence-electron chi connectivity index (χ0n) is 19.2. The van der Waals surface area contributed by atoms with Crippen molar-refractivity contribution in [1.29, 1.82) is 0 Å². The van der Waals surface area contributed by atoms with Crippen LogP contribution in [0.25, 0.3) is 0 Å². The predicted molar refractivity (Wildman–Crippen MR) is 127 cm³/mol. The number of carbonyl (C=O) groups excluding carboxylic acids is 2. The number of hydrogen-bond acceptors (Lipinski definition) is 6. The van der Waals surface area contributed by atoms with Gasteiger partial charge in [0.1, 0.15) is 12.3 Å². The number of carbonyl (C=O) groups is 2. The fourth-order valence-electron chi connectivity index (χ4n) is 4.95. The Bertz CT molecular complexity index is 916. The van der Waals surface area contributed by atoms with Gasteiger partial charge in [-0.1, -0.05) is 37.8 Å². The third kappa shape index (κ3) is 5.44. The summed E-state index contributed by atoms with van der Waals surface area (Å²) in [7, 11) is 0. The van der Waals surface area contributed by atoms with Crippen LogP contribution in [0.15, 0.2) is 17.1 Å². The molecule has 0 radical (unpaired) electrons. The molecule has 2 fully saturated rings. The van der Waals surface area contributed by atoms with E-state index < -0.39 is 0 Å². The first-order valence-corrected chi connectivity index (χ1v) is 12.4. The van der Waals surface area contributed by atoms with E-state index in [1.54, 1.807) is 6.07 Å². The Hall–Kier alpha value is -2.32. The van der Waals surface area contributed by atoms with E-state index in [9.17, 15) is 14.7 Å². The second-order valence-electron chi connectivity index (χ2n) is 9.00. The van der Waals surface area contributed by atoms with Gasteiger partial charge in [-0.3, -0.25) is 14.9 Å². The SMILES string of the molecule is CCC(CCC(=O)N(CCO)C1CCCCC1)Oc1c(Cl)ccc2c1CN1CC(=O)NC1=N2. The minimum Gasteiger partial charge on any atom is -0.488 e. The molecule has 4 rings (SSSR count). The summed E-state index contributed by atoms with van der Waals surface area (Å²) in [4.78, 5) is 33.1. The zero-order chi connectivity index (χ0) is 23.4. The molecule has 1 atom stereocenters. The Balaban J connectivity index is 1.43. The predicted octanol–water partition coefficient (Wildman–Crippen LogP) is 3.36. The van der Waals surface area contributed by atoms with Crippen LogP contribution in [0.2, 0.25) is 5.02 Å². The van der Waals surface area contributed by atoms with Crippen LogP contribution in [0, 0.1) is 0 Å². The fraction of sp³-hybridized carbons (Fsp3) is 0.625. The number of aliphatic hydroxyl groups excluding tert-OH is 1. The smallest absolute Gasteiger partial charge is 0.246 e. The lowest BCUT2D eigenvalue weighted by atomic mass is 9.93. The maximum Gasteiger partial charge on any atom is 0.246 e. The summed E-state index contributed by atoms with van der Waals surface area (Å²) in [5.74, 6) is 1.14. The Labute approximate surface area is 199 Å². The van der Waals surface area contributed by atoms with Crippen molar-refractivity contribution in [2.24, 2.45) is 4.99 Å². The molecule has 2 aliphatic heterocycles. The number of guanidine groups is 1. The van der Waals surface area contributed by atoms with Crippen molar-refractivity contribution in [2.75, 3.05) is 19.7 Å². The molecule has 2 amide bonds. The Morgan fingerprint density at radius 3 is 2.85 bits per heavy atom. The topological polar surface area (TPSA) is 94.5 Å². The van der Waals surface area contributed by atoms with Crippen LogP contribution in [-0.4, -0.2) is 64.5 Å². The largest absolute Gasteiger partial charge is 0.488 e. The average Bonchev–Trinajstić information content (AvgIpc) is 3.19. The summed E-state index contributed by atoms with van der Waals surface area (Å²) in [6, 6.07) is 3.83. The van der Waals surface area contributed by atoms with E-state index in [0.29, 0.717) is 42.7 Å². The van der Waals surface area contributed by atoms with E-state index in [2.05, 4.69) is 10.3 Å². The third-order valence-corrected chi connectivity index (χ3v) is 7.04. The zero-order valence-corrected chi connectivity index (χ0v) is 19.9. The molecule has 2 N–H and O–H groups in total. The van der Waals surface area contributed by atoms with Gasteiger partial charge in [-0.25, -0.2) is 4.99 Å². The number of amides is 2. The molecule has 0 bridgehead atoms. The second kappa shape index (κ2) is 10.7. The number of aliphatic imine (C=N–C) groups is 1. The summed E-state index contributed by atoms with van der Waals surface area (Å²) >= 11 is 6.51. The third-order valence-electron chi connectivity index (χ3n) is 6.75. The maximum atomic E-state index is 13.0. The number of nitrogens with zero attached hydrogens (tertiary/aromatic N) is 3. The molecule has 8 nitrogen and oxygen atoms in total. The van der Waals surface area contributed by atoms with Crippen LogP contribution in [0.1, 0.15) is 63.9 Å². The number of ether oxygens (including phenoxy) is 1. The van der Waals surface area contributed by atoms with Gasteiger partial charge in [0.2, 0.25) is 17.8 Å². The molecule has 1 saturated heterocycles. The van der Waals surface area contributed by atoms with Gasteiger partial charge >= 0.3 is 0 Å². The number of halogens is 1. The van der Waals surface area contributed by atoms with Crippen LogP contribution in [-0.2, 0) is 16.1 Å². The molecule has 9 heteroatoms. The molecule has 0 aromatic heterocycles. The first-order valence-electron chi connectivity index (χ1n) is 12.0. The summed E-state index contributed by atoms with van der Waals surface area (Å²) < 4.78 is 6.35. The van der Waals surface area contributed by atoms with E-state index in [0.717, 1.165) is 43.4 Å². The van der Waals surface area contributed by atoms with Gasteiger partial charge in [-0.2, -0.15) is 0 Å². The van der Waals surface area contributed by atoms with Gasteiger partial charge in [0, 0.05) is 24.6 Å². The van der Waals surface area contributed by atoms with Gasteiger partial charge < -0.3 is 19.6 Å². The van der Waals surface area contributed by atoms with E-state index >= 15 is 0 Å². The number of hydrogen-bond donors (Lipinski definition) is 2. The van der Waals surface area contributed by atoms with E-state index in [4.69, 9.17) is 16.3 Å². The van der Waals surface area contributed by atoms with Crippen LogP contribution in [0.3, 0.4) is 0 Å². The lowest BCUT2D eigenvalue weighted by molar-refractivity contribution is -0.135. The highest BCUT2D eigenvalue weighted by Crippen LogP contribution is 2.40. The van der Waals surface area contributed by atoms with Gasteiger partial charge in [0.15, 0.2) is 0 Å². The molecule has 180 valence electrons. The lowest BCUT2D eigenvalue weighted by Crippen LogP contribution is -2.43. The number of rotatable bonds is 9. The Kier molecular flexibility index (Phi) is 7.75. The van der Waals surface area contributed by atoms with Crippen LogP contribution >= 0.6 is 11.6 Å². The number of fused-ring (bicyclic) bond motifs is 2. The first-order chi connectivity index (χ1) is 16.0. The molecule has 3 aliphatic rings. The standard InChI is InChI=1S/C24H33ClN4O4/c1-2-17(8-11-22(32)29(12-13-30)16-6-4-3-5-7-16)33-23-18-14-28-15-21(31)27-24(28)26-20(18)10-9-19(23)25/h9-10,16-17,30H,2-8,11-15H2,1H3,(H,26,27,31). The van der Waals surface area contributed by atoms with Crippen molar-refractivity contribution in [2.45, 2.75) is 77.0 Å². The van der Waals surface area contributed by atoms with Crippen LogP contribution in [0.4, 0.5) is 5.69 Å². The highest BCUT2D eigenvalue weighted by atomic mass is 35.5. The molecule has 1 unspecified atom stereocenters. The number of nitrogens with one attached hydrogen (secondary N) is 1. The molecule has 1 saturated carbocycles. The molecule has 33 heavy (non-hydrogen) atoms. The number of aliphatic hydroxyl groups is 1. The summed E-state index contributed by atoms with van der Waals surface area (Å²) in [6.45, 7) is 3.16. The van der Waals surface area contributed by atoms with Crippen molar-refractivity contribution in [1.82, 2.24) is 15.1 Å². The maximum absolute atomic E-state index is 13.0. The second-order valence-corrected chi connectivity index (χ2v) is 9.41. The molecule has 1 aliphatic carbocycles. The summed E-state index contributed by atoms with van der Waals surface area (Å²) in [6.07, 6.45) is 7.03. The van der Waals surface area contributed by atoms with Gasteiger partial charge in [0.05, 0.1) is 30.0 Å². The monoisotopic (exact) mass is 476 g/mol. The normalized spacial score (nSPS) is 18.8. The molecular weight excluding hydrogens is 444 g/mol. The summed E-state index contributed by atoms with van der Waals surface area (Å²) in [5, 5.41) is 12.8. The highest BCUT2D eigenvalue weighted by molar-refractivity contribution is 6.32. The van der Waals surface area contributed by atoms with Gasteiger partial charge in [0.25, 0.3) is 0 Å². The Morgan fingerprint density at radius 2 is 2.12 bits per heavy atom. The first kappa shape index (κ1) is 23.8. The molecule has 1 aromatic carbocycles. The summed E-state index contributed by atoms with van der Waals surface area (Å²) in [5.41, 5.74) is 1.59. The van der Waals surface area contributed by atoms with E-state index in [-0.39, 0.29) is 37.1 Å². The highest BCUT2D eigenvalue weighted by Gasteiger charge is 2.32. The quantitative estimate of drug-likeness (QED) is 0.570. The van der Waals surface area contributed by atoms with E-state index in [1.165, 1.54) is 6.42 Å². The lowest BCUT2D eigenvalue weighted by Gasteiger charge is -2.34. The minimum atomic E-state index is -0.177. The van der Waals surface area contributed by atoms with Crippen molar-refractivity contribution in [3.05, 3.63) is 22.7 Å². The van der Waals surface area contributed by atoms with Crippen molar-refractivity contribution >= 4 is 35.1 Å². The minimum absolute atomic E-state index is 0.0158. The van der Waals surface area contributed by atoms with Crippen molar-refractivity contribution in [3.63, 3.8) is 0 Å². The fourth-order valence-corrected chi connectivity index (χ4v) is 5.17. The molecule has 1 aromatic rings. The Morgan fingerprint density at radius 1 is 1.33 bits per heavy atom. The average molecular weight is 477 g/mol. The van der Waals surface area contributed by atoms with Gasteiger partial charge in [-0.05, 0) is 37.8 Å². The van der Waals surface area contributed by atoms with Crippen molar-refractivity contribution in [3.8, 4) is 5.75 Å². The van der Waals surface area contributed by atoms with Crippen LogP contribution in [0.5, 0.6) is 5.75 Å².